The van der Waals surface area contributed by atoms with E-state index in [9.17, 15) is 0 Å². The standard InChI is InChI=1S/C13H17Cl2N5/c1-7(2)16-12-17-8(3)18-13(20-12)19-9-4-5-10(14)11(15)6-9/h4-8H,1-3H3,(H3,16,17,18,19,20). The van der Waals surface area contributed by atoms with Gasteiger partial charge in [0.25, 0.3) is 0 Å². The lowest BCUT2D eigenvalue weighted by atomic mass is 10.3. The van der Waals surface area contributed by atoms with Gasteiger partial charge in [-0.05, 0) is 39.0 Å². The van der Waals surface area contributed by atoms with E-state index in [0.717, 1.165) is 5.69 Å². The first-order chi connectivity index (χ1) is 9.44. The Hall–Kier alpha value is -1.46. The molecule has 3 N–H and O–H groups in total. The highest BCUT2D eigenvalue weighted by Crippen LogP contribution is 2.25. The number of anilines is 1. The lowest BCUT2D eigenvalue weighted by Gasteiger charge is -2.22. The zero-order valence-electron chi connectivity index (χ0n) is 11.5. The van der Waals surface area contributed by atoms with Crippen LogP contribution in [-0.2, 0) is 0 Å². The van der Waals surface area contributed by atoms with E-state index in [1.165, 1.54) is 0 Å². The Labute approximate surface area is 128 Å². The summed E-state index contributed by atoms with van der Waals surface area (Å²) in [5.74, 6) is 1.32. The van der Waals surface area contributed by atoms with Gasteiger partial charge in [0.1, 0.15) is 6.17 Å². The van der Waals surface area contributed by atoms with Crippen LogP contribution >= 0.6 is 23.2 Å². The summed E-state index contributed by atoms with van der Waals surface area (Å²) in [6.07, 6.45) is -0.150. The van der Waals surface area contributed by atoms with Crippen LogP contribution in [0.1, 0.15) is 20.8 Å². The van der Waals surface area contributed by atoms with Gasteiger partial charge >= 0.3 is 0 Å². The Morgan fingerprint density at radius 2 is 1.85 bits per heavy atom. The third-order valence-corrected chi connectivity index (χ3v) is 3.22. The molecule has 20 heavy (non-hydrogen) atoms. The molecule has 0 fully saturated rings. The molecule has 5 nitrogen and oxygen atoms in total. The van der Waals surface area contributed by atoms with E-state index in [1.54, 1.807) is 12.1 Å². The lowest BCUT2D eigenvalue weighted by molar-refractivity contribution is 0.687. The first-order valence-corrected chi connectivity index (χ1v) is 7.11. The third-order valence-electron chi connectivity index (χ3n) is 2.48. The average Bonchev–Trinajstić information content (AvgIpc) is 2.32. The Kier molecular flexibility index (Phi) is 4.73. The highest BCUT2D eigenvalue weighted by Gasteiger charge is 2.14. The summed E-state index contributed by atoms with van der Waals surface area (Å²) < 4.78 is 0. The molecule has 0 radical (unpaired) electrons. The number of aliphatic imine (C=N–C) groups is 2. The maximum atomic E-state index is 5.99. The topological polar surface area (TPSA) is 60.8 Å². The van der Waals surface area contributed by atoms with Gasteiger partial charge in [-0.15, -0.1) is 0 Å². The van der Waals surface area contributed by atoms with Crippen LogP contribution in [0.5, 0.6) is 0 Å². The van der Waals surface area contributed by atoms with Gasteiger partial charge in [-0.1, -0.05) is 23.2 Å². The minimum Gasteiger partial charge on any atom is -0.354 e. The molecule has 1 unspecified atom stereocenters. The van der Waals surface area contributed by atoms with Crippen molar-refractivity contribution in [1.82, 2.24) is 10.6 Å². The second-order valence-electron chi connectivity index (χ2n) is 4.77. The molecule has 0 aliphatic carbocycles. The Bertz CT molecular complexity index is 554. The van der Waals surface area contributed by atoms with Gasteiger partial charge in [0.05, 0.1) is 10.0 Å². The van der Waals surface area contributed by atoms with E-state index in [0.29, 0.717) is 22.0 Å². The zero-order valence-corrected chi connectivity index (χ0v) is 13.0. The molecule has 1 aromatic rings. The molecule has 1 heterocycles. The number of nitrogens with zero attached hydrogens (tertiary/aromatic N) is 2. The first-order valence-electron chi connectivity index (χ1n) is 6.35. The van der Waals surface area contributed by atoms with Crippen LogP contribution in [0.2, 0.25) is 10.0 Å². The number of guanidine groups is 2. The predicted molar refractivity (Wildman–Crippen MR) is 85.8 cm³/mol. The van der Waals surface area contributed by atoms with Crippen LogP contribution in [-0.4, -0.2) is 24.1 Å². The lowest BCUT2D eigenvalue weighted by Crippen LogP contribution is -2.49. The van der Waals surface area contributed by atoms with Gasteiger partial charge in [0.2, 0.25) is 5.96 Å². The van der Waals surface area contributed by atoms with Crippen LogP contribution in [0.3, 0.4) is 0 Å². The number of benzene rings is 1. The maximum Gasteiger partial charge on any atom is 0.204 e. The molecule has 2 rings (SSSR count). The second-order valence-corrected chi connectivity index (χ2v) is 5.58. The van der Waals surface area contributed by atoms with Crippen molar-refractivity contribution in [3.8, 4) is 0 Å². The monoisotopic (exact) mass is 313 g/mol. The zero-order chi connectivity index (χ0) is 14.7. The number of rotatable bonds is 2. The molecule has 0 saturated heterocycles. The molecule has 0 bridgehead atoms. The van der Waals surface area contributed by atoms with Gasteiger partial charge in [-0.2, -0.15) is 0 Å². The molecule has 1 aromatic carbocycles. The molecule has 7 heteroatoms. The predicted octanol–water partition coefficient (Wildman–Crippen LogP) is 3.06. The smallest absolute Gasteiger partial charge is 0.204 e. The number of hydrogen-bond donors (Lipinski definition) is 3. The summed E-state index contributed by atoms with van der Waals surface area (Å²) >= 11 is 11.9. The molecular formula is C13H17Cl2N5. The molecule has 1 atom stereocenters. The Morgan fingerprint density at radius 1 is 1.15 bits per heavy atom. The van der Waals surface area contributed by atoms with E-state index >= 15 is 0 Å². The Morgan fingerprint density at radius 3 is 2.50 bits per heavy atom. The molecule has 0 saturated carbocycles. The van der Waals surface area contributed by atoms with E-state index < -0.39 is 0 Å². The second kappa shape index (κ2) is 6.33. The van der Waals surface area contributed by atoms with E-state index in [-0.39, 0.29) is 12.2 Å². The fourth-order valence-corrected chi connectivity index (χ4v) is 2.00. The summed E-state index contributed by atoms with van der Waals surface area (Å²) in [5.41, 5.74) is 0.809. The van der Waals surface area contributed by atoms with Crippen molar-refractivity contribution >= 4 is 40.8 Å². The molecule has 1 aliphatic rings. The van der Waals surface area contributed by atoms with Crippen LogP contribution in [0, 0.1) is 0 Å². The van der Waals surface area contributed by atoms with Crippen molar-refractivity contribution in [2.75, 3.05) is 5.32 Å². The number of nitrogens with one attached hydrogen (secondary N) is 3. The van der Waals surface area contributed by atoms with Crippen LogP contribution in [0.25, 0.3) is 0 Å². The van der Waals surface area contributed by atoms with Gasteiger partial charge in [0, 0.05) is 11.7 Å². The highest BCUT2D eigenvalue weighted by molar-refractivity contribution is 6.42. The minimum atomic E-state index is -0.150. The molecular weight excluding hydrogens is 297 g/mol. The fraction of sp³-hybridized carbons (Fsp3) is 0.385. The normalized spacial score (nSPS) is 18.2. The van der Waals surface area contributed by atoms with Crippen LogP contribution in [0.15, 0.2) is 28.2 Å². The van der Waals surface area contributed by atoms with Crippen molar-refractivity contribution in [2.45, 2.75) is 33.0 Å². The van der Waals surface area contributed by atoms with Gasteiger partial charge < -0.3 is 10.6 Å². The van der Waals surface area contributed by atoms with Crippen molar-refractivity contribution in [3.05, 3.63) is 28.2 Å². The van der Waals surface area contributed by atoms with E-state index in [2.05, 4.69) is 25.9 Å². The number of hydrogen-bond acceptors (Lipinski definition) is 5. The SMILES string of the molecule is CC1N=C(Nc2ccc(Cl)c(Cl)c2)NC(NC(C)C)=N1. The molecule has 0 spiro atoms. The van der Waals surface area contributed by atoms with Crippen molar-refractivity contribution in [3.63, 3.8) is 0 Å². The quantitative estimate of drug-likeness (QED) is 0.786. The third kappa shape index (κ3) is 4.02. The minimum absolute atomic E-state index is 0.150. The van der Waals surface area contributed by atoms with Crippen LogP contribution < -0.4 is 16.0 Å². The average molecular weight is 314 g/mol. The molecule has 0 aromatic heterocycles. The summed E-state index contributed by atoms with van der Waals surface area (Å²) in [7, 11) is 0. The molecule has 1 aliphatic heterocycles. The summed E-state index contributed by atoms with van der Waals surface area (Å²) in [5, 5.41) is 10.5. The molecule has 0 amide bonds. The largest absolute Gasteiger partial charge is 0.354 e. The summed E-state index contributed by atoms with van der Waals surface area (Å²) in [6.45, 7) is 6.01. The van der Waals surface area contributed by atoms with E-state index in [1.807, 2.05) is 26.8 Å². The Balaban J connectivity index is 2.07. The number of halogens is 2. The van der Waals surface area contributed by atoms with Gasteiger partial charge in [-0.3, -0.25) is 5.32 Å². The molecule has 108 valence electrons. The van der Waals surface area contributed by atoms with Crippen molar-refractivity contribution in [1.29, 1.82) is 0 Å². The highest BCUT2D eigenvalue weighted by atomic mass is 35.5. The summed E-state index contributed by atoms with van der Waals surface area (Å²) in [4.78, 5) is 8.74. The fourth-order valence-electron chi connectivity index (χ4n) is 1.70. The van der Waals surface area contributed by atoms with Gasteiger partial charge in [0.15, 0.2) is 5.96 Å². The van der Waals surface area contributed by atoms with Gasteiger partial charge in [-0.25, -0.2) is 9.98 Å². The van der Waals surface area contributed by atoms with E-state index in [4.69, 9.17) is 23.2 Å². The maximum absolute atomic E-state index is 5.99. The van der Waals surface area contributed by atoms with Crippen molar-refractivity contribution < 1.29 is 0 Å². The first kappa shape index (κ1) is 14.9. The summed E-state index contributed by atoms with van der Waals surface area (Å²) in [6, 6.07) is 5.61. The van der Waals surface area contributed by atoms with Crippen LogP contribution in [0.4, 0.5) is 5.69 Å². The van der Waals surface area contributed by atoms with Crippen molar-refractivity contribution in [2.24, 2.45) is 9.98 Å².